The molecule has 0 fully saturated rings. The molecule has 0 saturated carbocycles. The molecule has 108 valence electrons. The highest BCUT2D eigenvalue weighted by Gasteiger charge is 2.12. The Morgan fingerprint density at radius 2 is 1.86 bits per heavy atom. The molecule has 0 bridgehead atoms. The zero-order valence-electron chi connectivity index (χ0n) is 11.4. The molecular formula is C16H15Cl2N3. The number of hydrogen-bond acceptors (Lipinski definition) is 2. The lowest BCUT2D eigenvalue weighted by atomic mass is 10.2. The fourth-order valence-corrected chi connectivity index (χ4v) is 3.04. The van der Waals surface area contributed by atoms with E-state index in [4.69, 9.17) is 28.9 Å². The number of fused-ring (bicyclic) bond motifs is 1. The number of nitrogens with two attached hydrogens (primary N) is 1. The first-order chi connectivity index (χ1) is 10.2. The molecule has 0 aliphatic rings. The minimum atomic E-state index is 0.594. The van der Waals surface area contributed by atoms with E-state index in [2.05, 4.69) is 21.8 Å². The first-order valence-corrected chi connectivity index (χ1v) is 7.52. The van der Waals surface area contributed by atoms with Gasteiger partial charge in [0.25, 0.3) is 0 Å². The Morgan fingerprint density at radius 1 is 1.10 bits per heavy atom. The molecule has 0 unspecified atom stereocenters. The molecule has 0 aliphatic heterocycles. The maximum atomic E-state index is 6.26. The molecule has 3 nitrogen and oxygen atoms in total. The lowest BCUT2D eigenvalue weighted by Gasteiger charge is -2.08. The zero-order chi connectivity index (χ0) is 14.8. The van der Waals surface area contributed by atoms with Crippen molar-refractivity contribution in [3.63, 3.8) is 0 Å². The van der Waals surface area contributed by atoms with Crippen LogP contribution in [0.2, 0.25) is 10.0 Å². The van der Waals surface area contributed by atoms with Crippen LogP contribution in [0.4, 0.5) is 0 Å². The predicted molar refractivity (Wildman–Crippen MR) is 88.1 cm³/mol. The summed E-state index contributed by atoms with van der Waals surface area (Å²) in [6.45, 7) is 1.21. The van der Waals surface area contributed by atoms with Crippen LogP contribution >= 0.6 is 23.2 Å². The molecule has 0 spiro atoms. The van der Waals surface area contributed by atoms with Gasteiger partial charge in [0.15, 0.2) is 0 Å². The third-order valence-corrected chi connectivity index (χ3v) is 4.23. The van der Waals surface area contributed by atoms with Crippen LogP contribution < -0.4 is 5.73 Å². The van der Waals surface area contributed by atoms with Crippen molar-refractivity contribution in [2.75, 3.05) is 6.54 Å². The molecular weight excluding hydrogens is 305 g/mol. The number of halogens is 2. The third kappa shape index (κ3) is 2.77. The second-order valence-electron chi connectivity index (χ2n) is 4.90. The highest BCUT2D eigenvalue weighted by atomic mass is 35.5. The summed E-state index contributed by atoms with van der Waals surface area (Å²) in [6, 6.07) is 9.55. The largest absolute Gasteiger partial charge is 0.330 e. The average Bonchev–Trinajstić information content (AvgIpc) is 2.82. The monoisotopic (exact) mass is 319 g/mol. The smallest absolute Gasteiger partial charge is 0.140 e. The molecule has 2 heterocycles. The summed E-state index contributed by atoms with van der Waals surface area (Å²) in [7, 11) is 0. The SMILES string of the molecule is NCCc1cn(Cc2c(Cl)cccc2Cl)c2ncccc12. The lowest BCUT2D eigenvalue weighted by Crippen LogP contribution is -2.02. The predicted octanol–water partition coefficient (Wildman–Crippen LogP) is 3.89. The summed E-state index contributed by atoms with van der Waals surface area (Å²) in [5.74, 6) is 0. The van der Waals surface area contributed by atoms with Crippen molar-refractivity contribution in [1.29, 1.82) is 0 Å². The van der Waals surface area contributed by atoms with Crippen LogP contribution in [-0.2, 0) is 13.0 Å². The molecule has 0 saturated heterocycles. The minimum Gasteiger partial charge on any atom is -0.330 e. The fraction of sp³-hybridized carbons (Fsp3) is 0.188. The average molecular weight is 320 g/mol. The topological polar surface area (TPSA) is 43.8 Å². The normalized spacial score (nSPS) is 11.2. The van der Waals surface area contributed by atoms with Gasteiger partial charge in [-0.15, -0.1) is 0 Å². The van der Waals surface area contributed by atoms with E-state index in [0.29, 0.717) is 23.1 Å². The van der Waals surface area contributed by atoms with Crippen LogP contribution in [0.5, 0.6) is 0 Å². The Kier molecular flexibility index (Phi) is 4.15. The molecule has 3 rings (SSSR count). The van der Waals surface area contributed by atoms with E-state index in [0.717, 1.165) is 23.0 Å². The standard InChI is InChI=1S/C16H15Cl2N3/c17-14-4-1-5-15(18)13(14)10-21-9-11(6-7-19)12-3-2-8-20-16(12)21/h1-5,8-9H,6-7,10,19H2. The Bertz CT molecular complexity index is 760. The molecule has 2 aromatic heterocycles. The van der Waals surface area contributed by atoms with Crippen LogP contribution in [0, 0.1) is 0 Å². The Hall–Kier alpha value is -1.55. The summed E-state index contributed by atoms with van der Waals surface area (Å²) in [4.78, 5) is 4.48. The maximum absolute atomic E-state index is 6.26. The number of benzene rings is 1. The Morgan fingerprint density at radius 3 is 2.57 bits per heavy atom. The quantitative estimate of drug-likeness (QED) is 0.792. The summed E-state index contributed by atoms with van der Waals surface area (Å²) in [6.07, 6.45) is 4.70. The summed E-state index contributed by atoms with van der Waals surface area (Å²) >= 11 is 12.5. The van der Waals surface area contributed by atoms with E-state index >= 15 is 0 Å². The van der Waals surface area contributed by atoms with Crippen molar-refractivity contribution >= 4 is 34.2 Å². The first kappa shape index (κ1) is 14.4. The van der Waals surface area contributed by atoms with Gasteiger partial charge < -0.3 is 10.3 Å². The zero-order valence-corrected chi connectivity index (χ0v) is 12.9. The lowest BCUT2D eigenvalue weighted by molar-refractivity contribution is 0.817. The Labute approximate surface area is 133 Å². The van der Waals surface area contributed by atoms with Crippen molar-refractivity contribution in [2.45, 2.75) is 13.0 Å². The maximum Gasteiger partial charge on any atom is 0.140 e. The van der Waals surface area contributed by atoms with Gasteiger partial charge >= 0.3 is 0 Å². The molecule has 21 heavy (non-hydrogen) atoms. The number of hydrogen-bond donors (Lipinski definition) is 1. The fourth-order valence-electron chi connectivity index (χ4n) is 2.52. The number of aromatic nitrogens is 2. The van der Waals surface area contributed by atoms with Gasteiger partial charge in [-0.1, -0.05) is 29.3 Å². The second kappa shape index (κ2) is 6.06. The first-order valence-electron chi connectivity index (χ1n) is 6.76. The third-order valence-electron chi connectivity index (χ3n) is 3.52. The Balaban J connectivity index is 2.09. The van der Waals surface area contributed by atoms with Gasteiger partial charge in [-0.05, 0) is 42.8 Å². The van der Waals surface area contributed by atoms with Gasteiger partial charge in [-0.3, -0.25) is 0 Å². The number of rotatable bonds is 4. The summed E-state index contributed by atoms with van der Waals surface area (Å²) in [5.41, 5.74) is 8.72. The van der Waals surface area contributed by atoms with E-state index in [1.807, 2.05) is 24.3 Å². The van der Waals surface area contributed by atoms with Gasteiger partial charge in [-0.25, -0.2) is 4.98 Å². The van der Waals surface area contributed by atoms with Crippen LogP contribution in [0.3, 0.4) is 0 Å². The van der Waals surface area contributed by atoms with Crippen LogP contribution in [0.15, 0.2) is 42.7 Å². The number of pyridine rings is 1. The molecule has 0 amide bonds. The highest BCUT2D eigenvalue weighted by molar-refractivity contribution is 6.36. The number of nitrogens with zero attached hydrogens (tertiary/aromatic N) is 2. The van der Waals surface area contributed by atoms with Crippen molar-refractivity contribution in [3.8, 4) is 0 Å². The van der Waals surface area contributed by atoms with Crippen molar-refractivity contribution in [2.24, 2.45) is 5.73 Å². The van der Waals surface area contributed by atoms with Gasteiger partial charge in [0.2, 0.25) is 0 Å². The molecule has 5 heteroatoms. The van der Waals surface area contributed by atoms with Crippen LogP contribution in [0.1, 0.15) is 11.1 Å². The van der Waals surface area contributed by atoms with Gasteiger partial charge in [-0.2, -0.15) is 0 Å². The molecule has 1 aromatic carbocycles. The van der Waals surface area contributed by atoms with Crippen molar-refractivity contribution in [1.82, 2.24) is 9.55 Å². The van der Waals surface area contributed by atoms with Crippen LogP contribution in [-0.4, -0.2) is 16.1 Å². The van der Waals surface area contributed by atoms with E-state index in [-0.39, 0.29) is 0 Å². The van der Waals surface area contributed by atoms with E-state index in [1.165, 1.54) is 5.56 Å². The van der Waals surface area contributed by atoms with Crippen molar-refractivity contribution < 1.29 is 0 Å². The van der Waals surface area contributed by atoms with E-state index in [9.17, 15) is 0 Å². The highest BCUT2D eigenvalue weighted by Crippen LogP contribution is 2.27. The van der Waals surface area contributed by atoms with E-state index < -0.39 is 0 Å². The van der Waals surface area contributed by atoms with Gasteiger partial charge in [0.1, 0.15) is 5.65 Å². The summed E-state index contributed by atoms with van der Waals surface area (Å²) < 4.78 is 2.08. The second-order valence-corrected chi connectivity index (χ2v) is 5.71. The summed E-state index contributed by atoms with van der Waals surface area (Å²) in [5, 5.41) is 2.47. The molecule has 2 N–H and O–H groups in total. The van der Waals surface area contributed by atoms with Crippen LogP contribution in [0.25, 0.3) is 11.0 Å². The molecule has 0 aliphatic carbocycles. The molecule has 0 radical (unpaired) electrons. The molecule has 0 atom stereocenters. The van der Waals surface area contributed by atoms with E-state index in [1.54, 1.807) is 6.20 Å². The molecule has 3 aromatic rings. The van der Waals surface area contributed by atoms with Gasteiger partial charge in [0.05, 0.1) is 6.54 Å². The minimum absolute atomic E-state index is 0.594. The van der Waals surface area contributed by atoms with Gasteiger partial charge in [0, 0.05) is 33.4 Å². The van der Waals surface area contributed by atoms with Crippen molar-refractivity contribution in [3.05, 3.63) is 63.9 Å².